The average molecular weight is 428 g/mol. The Labute approximate surface area is 183 Å². The number of fused-ring (bicyclic) bond motifs is 2. The molecule has 2 N–H and O–H groups in total. The number of piperazine rings is 1. The third kappa shape index (κ3) is 3.09. The molecule has 0 amide bonds. The molecule has 0 unspecified atom stereocenters. The van der Waals surface area contributed by atoms with Gasteiger partial charge in [0.1, 0.15) is 17.0 Å². The molecule has 6 rings (SSSR count). The molecule has 9 heteroatoms. The lowest BCUT2D eigenvalue weighted by molar-refractivity contribution is 0.312. The van der Waals surface area contributed by atoms with Crippen molar-refractivity contribution in [2.24, 2.45) is 0 Å². The molecule has 5 heterocycles. The zero-order valence-electron chi connectivity index (χ0n) is 17.5. The van der Waals surface area contributed by atoms with Gasteiger partial charge in [-0.3, -0.25) is 10.1 Å². The number of hydrogen-bond donors (Lipinski definition) is 2. The van der Waals surface area contributed by atoms with E-state index in [-0.39, 0.29) is 5.82 Å². The number of aromatic amines is 2. The molecule has 1 saturated heterocycles. The van der Waals surface area contributed by atoms with Gasteiger partial charge in [0.05, 0.1) is 11.0 Å². The molecule has 0 saturated carbocycles. The highest BCUT2D eigenvalue weighted by Crippen LogP contribution is 2.33. The summed E-state index contributed by atoms with van der Waals surface area (Å²) in [4.78, 5) is 21.5. The molecule has 32 heavy (non-hydrogen) atoms. The SMILES string of the molecule is CN1CCN(c2nccc3[nH]c(-c4n[nH]c5cc(F)c(-c6cccnc6)cc45)nc23)CC1. The quantitative estimate of drug-likeness (QED) is 0.458. The van der Waals surface area contributed by atoms with E-state index in [9.17, 15) is 4.39 Å². The van der Waals surface area contributed by atoms with Crippen molar-refractivity contribution in [1.82, 2.24) is 35.0 Å². The molecule has 0 radical (unpaired) electrons. The van der Waals surface area contributed by atoms with Gasteiger partial charge in [-0.05, 0) is 25.2 Å². The predicted molar refractivity (Wildman–Crippen MR) is 122 cm³/mol. The molecule has 1 fully saturated rings. The minimum Gasteiger partial charge on any atom is -0.352 e. The lowest BCUT2D eigenvalue weighted by Crippen LogP contribution is -2.44. The van der Waals surface area contributed by atoms with Crippen LogP contribution in [0.25, 0.3) is 44.6 Å². The standard InChI is InChI=1S/C23H21FN8/c1-31-7-9-32(10-8-31)23-21-18(4-6-26-23)27-22(28-21)20-16-11-15(14-3-2-5-25-13-14)17(24)12-19(16)29-30-20/h2-6,11-13H,7-10H2,1H3,(H,27,28)(H,29,30). The second-order valence-electron chi connectivity index (χ2n) is 8.10. The zero-order valence-corrected chi connectivity index (χ0v) is 17.5. The minimum atomic E-state index is -0.327. The van der Waals surface area contributed by atoms with Crippen LogP contribution in [0.5, 0.6) is 0 Å². The maximum Gasteiger partial charge on any atom is 0.159 e. The smallest absolute Gasteiger partial charge is 0.159 e. The molecule has 160 valence electrons. The van der Waals surface area contributed by atoms with Crippen LogP contribution in [0.15, 0.2) is 48.9 Å². The van der Waals surface area contributed by atoms with E-state index < -0.39 is 0 Å². The van der Waals surface area contributed by atoms with Gasteiger partial charge in [0.25, 0.3) is 0 Å². The first kappa shape index (κ1) is 18.9. The molecular formula is C23H21FN8. The summed E-state index contributed by atoms with van der Waals surface area (Å²) in [5.41, 5.74) is 4.16. The second-order valence-corrected chi connectivity index (χ2v) is 8.10. The van der Waals surface area contributed by atoms with Crippen LogP contribution < -0.4 is 4.90 Å². The van der Waals surface area contributed by atoms with Crippen LogP contribution in [-0.4, -0.2) is 68.3 Å². The first-order chi connectivity index (χ1) is 15.7. The van der Waals surface area contributed by atoms with Gasteiger partial charge in [0, 0.05) is 67.3 Å². The maximum atomic E-state index is 14.8. The number of rotatable bonds is 3. The van der Waals surface area contributed by atoms with Crippen LogP contribution in [0, 0.1) is 5.82 Å². The van der Waals surface area contributed by atoms with Gasteiger partial charge in [-0.2, -0.15) is 5.10 Å². The van der Waals surface area contributed by atoms with Crippen molar-refractivity contribution in [2.45, 2.75) is 0 Å². The van der Waals surface area contributed by atoms with E-state index in [2.05, 4.69) is 42.0 Å². The molecule has 0 spiro atoms. The summed E-state index contributed by atoms with van der Waals surface area (Å²) in [7, 11) is 2.13. The summed E-state index contributed by atoms with van der Waals surface area (Å²) in [6.45, 7) is 3.79. The summed E-state index contributed by atoms with van der Waals surface area (Å²) in [6, 6.07) is 8.82. The van der Waals surface area contributed by atoms with Crippen LogP contribution in [0.1, 0.15) is 0 Å². The Bertz CT molecular complexity index is 1420. The third-order valence-electron chi connectivity index (χ3n) is 6.03. The van der Waals surface area contributed by atoms with E-state index in [4.69, 9.17) is 4.98 Å². The fraction of sp³-hybridized carbons (Fsp3) is 0.217. The Hall–Kier alpha value is -3.85. The second kappa shape index (κ2) is 7.38. The maximum absolute atomic E-state index is 14.8. The van der Waals surface area contributed by atoms with Gasteiger partial charge in [-0.25, -0.2) is 14.4 Å². The van der Waals surface area contributed by atoms with Gasteiger partial charge in [-0.1, -0.05) is 6.07 Å². The lowest BCUT2D eigenvalue weighted by atomic mass is 10.0. The molecule has 1 aliphatic rings. The number of aromatic nitrogens is 6. The number of nitrogens with one attached hydrogen (secondary N) is 2. The molecule has 0 atom stereocenters. The molecular weight excluding hydrogens is 407 g/mol. The van der Waals surface area contributed by atoms with E-state index >= 15 is 0 Å². The van der Waals surface area contributed by atoms with E-state index in [0.717, 1.165) is 48.4 Å². The number of hydrogen-bond acceptors (Lipinski definition) is 6. The number of halogens is 1. The highest BCUT2D eigenvalue weighted by atomic mass is 19.1. The summed E-state index contributed by atoms with van der Waals surface area (Å²) in [5.74, 6) is 1.17. The van der Waals surface area contributed by atoms with E-state index in [1.165, 1.54) is 6.07 Å². The molecule has 1 aliphatic heterocycles. The van der Waals surface area contributed by atoms with Gasteiger partial charge in [0.15, 0.2) is 11.6 Å². The van der Waals surface area contributed by atoms with E-state index in [0.29, 0.717) is 28.2 Å². The Balaban J connectivity index is 1.46. The van der Waals surface area contributed by atoms with Crippen LogP contribution in [0.2, 0.25) is 0 Å². The minimum absolute atomic E-state index is 0.327. The number of likely N-dealkylation sites (N-methyl/N-ethyl adjacent to an activating group) is 1. The molecule has 0 bridgehead atoms. The van der Waals surface area contributed by atoms with Crippen molar-refractivity contribution in [3.63, 3.8) is 0 Å². The van der Waals surface area contributed by atoms with Gasteiger partial charge < -0.3 is 14.8 Å². The predicted octanol–water partition coefficient (Wildman–Crippen LogP) is 3.45. The summed E-state index contributed by atoms with van der Waals surface area (Å²) < 4.78 is 14.8. The fourth-order valence-corrected chi connectivity index (χ4v) is 4.25. The van der Waals surface area contributed by atoms with Crippen LogP contribution in [-0.2, 0) is 0 Å². The Morgan fingerprint density at radius 3 is 2.72 bits per heavy atom. The number of benzene rings is 1. The van der Waals surface area contributed by atoms with E-state index in [1.807, 2.05) is 12.1 Å². The van der Waals surface area contributed by atoms with Crippen LogP contribution >= 0.6 is 0 Å². The van der Waals surface area contributed by atoms with E-state index in [1.54, 1.807) is 30.7 Å². The molecule has 5 aromatic rings. The Morgan fingerprint density at radius 2 is 1.91 bits per heavy atom. The number of H-pyrrole nitrogens is 2. The van der Waals surface area contributed by atoms with Crippen molar-refractivity contribution >= 4 is 27.8 Å². The Kier molecular flexibility index (Phi) is 4.36. The van der Waals surface area contributed by atoms with Gasteiger partial charge in [-0.15, -0.1) is 0 Å². The lowest BCUT2D eigenvalue weighted by Gasteiger charge is -2.33. The van der Waals surface area contributed by atoms with Crippen molar-refractivity contribution < 1.29 is 4.39 Å². The molecule has 0 aliphatic carbocycles. The zero-order chi connectivity index (χ0) is 21.7. The van der Waals surface area contributed by atoms with Crippen molar-refractivity contribution in [1.29, 1.82) is 0 Å². The number of anilines is 1. The summed E-state index contributed by atoms with van der Waals surface area (Å²) in [6.07, 6.45) is 5.12. The highest BCUT2D eigenvalue weighted by Gasteiger charge is 2.21. The first-order valence-corrected chi connectivity index (χ1v) is 10.5. The summed E-state index contributed by atoms with van der Waals surface area (Å²) in [5, 5.41) is 8.17. The normalized spacial score (nSPS) is 15.1. The van der Waals surface area contributed by atoms with Crippen molar-refractivity contribution in [2.75, 3.05) is 38.1 Å². The number of nitrogens with zero attached hydrogens (tertiary/aromatic N) is 6. The van der Waals surface area contributed by atoms with Gasteiger partial charge in [0.2, 0.25) is 0 Å². The number of imidazole rings is 1. The largest absolute Gasteiger partial charge is 0.352 e. The van der Waals surface area contributed by atoms with Crippen molar-refractivity contribution in [3.05, 3.63) is 54.7 Å². The molecule has 4 aromatic heterocycles. The fourth-order valence-electron chi connectivity index (χ4n) is 4.25. The third-order valence-corrected chi connectivity index (χ3v) is 6.03. The van der Waals surface area contributed by atoms with Crippen LogP contribution in [0.4, 0.5) is 10.2 Å². The molecule has 8 nitrogen and oxygen atoms in total. The first-order valence-electron chi connectivity index (χ1n) is 10.5. The monoisotopic (exact) mass is 428 g/mol. The topological polar surface area (TPSA) is 89.6 Å². The Morgan fingerprint density at radius 1 is 1.03 bits per heavy atom. The molecule has 1 aromatic carbocycles. The number of pyridine rings is 2. The summed E-state index contributed by atoms with van der Waals surface area (Å²) >= 11 is 0. The van der Waals surface area contributed by atoms with Crippen molar-refractivity contribution in [3.8, 4) is 22.6 Å². The highest BCUT2D eigenvalue weighted by molar-refractivity contribution is 5.97. The average Bonchev–Trinajstić information content (AvgIpc) is 3.43. The van der Waals surface area contributed by atoms with Gasteiger partial charge >= 0.3 is 0 Å². The van der Waals surface area contributed by atoms with Crippen LogP contribution in [0.3, 0.4) is 0 Å².